The van der Waals surface area contributed by atoms with E-state index in [-0.39, 0.29) is 24.4 Å². The summed E-state index contributed by atoms with van der Waals surface area (Å²) in [5, 5.41) is 6.01. The summed E-state index contributed by atoms with van der Waals surface area (Å²) in [6.45, 7) is 1.53. The molecule has 0 bridgehead atoms. The normalized spacial score (nSPS) is 13.5. The smallest absolute Gasteiger partial charge is 0.326 e. The molecule has 0 radical (unpaired) electrons. The molecule has 0 spiro atoms. The predicted molar refractivity (Wildman–Crippen MR) is 92.8 cm³/mol. The number of alkyl halides is 3. The van der Waals surface area contributed by atoms with Crippen molar-refractivity contribution in [3.05, 3.63) is 64.5 Å². The van der Waals surface area contributed by atoms with Crippen molar-refractivity contribution in [2.45, 2.75) is 25.6 Å². The monoisotopic (exact) mass is 388 g/mol. The zero-order chi connectivity index (χ0) is 18.0. The van der Waals surface area contributed by atoms with Crippen LogP contribution < -0.4 is 10.6 Å². The highest BCUT2D eigenvalue weighted by Gasteiger charge is 2.33. The van der Waals surface area contributed by atoms with E-state index < -0.39 is 23.5 Å². The van der Waals surface area contributed by atoms with Gasteiger partial charge in [0, 0.05) is 12.2 Å². The van der Waals surface area contributed by atoms with Crippen molar-refractivity contribution < 1.29 is 22.4 Å². The van der Waals surface area contributed by atoms with Crippen molar-refractivity contribution in [2.24, 2.45) is 0 Å². The number of halogens is 5. The number of fused-ring (bicyclic) bond motifs is 1. The fourth-order valence-electron chi connectivity index (χ4n) is 2.93. The van der Waals surface area contributed by atoms with Crippen LogP contribution in [-0.2, 0) is 30.4 Å². The Morgan fingerprint density at radius 1 is 1.19 bits per heavy atom. The number of rotatable bonds is 3. The SMILES string of the molecule is Cl.O=C(Cc1ccc(C(F)(F)F)c(F)c1)Nc1cccc2c1CCNC2. The van der Waals surface area contributed by atoms with Crippen LogP contribution in [0.4, 0.5) is 23.2 Å². The summed E-state index contributed by atoms with van der Waals surface area (Å²) in [6.07, 6.45) is -4.17. The van der Waals surface area contributed by atoms with E-state index in [2.05, 4.69) is 10.6 Å². The molecule has 26 heavy (non-hydrogen) atoms. The Balaban J connectivity index is 0.00000243. The Hall–Kier alpha value is -2.12. The summed E-state index contributed by atoms with van der Waals surface area (Å²) < 4.78 is 51.3. The first kappa shape index (κ1) is 20.2. The molecule has 0 unspecified atom stereocenters. The Labute approximate surface area is 154 Å². The highest BCUT2D eigenvalue weighted by Crippen LogP contribution is 2.31. The average Bonchev–Trinajstić information content (AvgIpc) is 2.54. The molecule has 0 fully saturated rings. The molecule has 8 heteroatoms. The zero-order valence-electron chi connectivity index (χ0n) is 13.6. The third-order valence-corrected chi connectivity index (χ3v) is 4.12. The number of amides is 1. The van der Waals surface area contributed by atoms with Crippen LogP contribution in [0.3, 0.4) is 0 Å². The van der Waals surface area contributed by atoms with Gasteiger partial charge in [-0.1, -0.05) is 18.2 Å². The van der Waals surface area contributed by atoms with Gasteiger partial charge in [0.05, 0.1) is 12.0 Å². The van der Waals surface area contributed by atoms with Gasteiger partial charge in [-0.3, -0.25) is 4.79 Å². The van der Waals surface area contributed by atoms with Gasteiger partial charge < -0.3 is 10.6 Å². The van der Waals surface area contributed by atoms with Crippen LogP contribution in [0.25, 0.3) is 0 Å². The molecular formula is C18H17ClF4N2O. The fraction of sp³-hybridized carbons (Fsp3) is 0.278. The minimum absolute atomic E-state index is 0. The molecule has 140 valence electrons. The maximum Gasteiger partial charge on any atom is 0.419 e. The number of nitrogens with one attached hydrogen (secondary N) is 2. The van der Waals surface area contributed by atoms with Crippen LogP contribution in [0, 0.1) is 5.82 Å². The van der Waals surface area contributed by atoms with Crippen molar-refractivity contribution in [3.63, 3.8) is 0 Å². The third kappa shape index (κ3) is 4.53. The van der Waals surface area contributed by atoms with Gasteiger partial charge >= 0.3 is 6.18 Å². The maximum absolute atomic E-state index is 13.6. The van der Waals surface area contributed by atoms with Crippen molar-refractivity contribution in [1.82, 2.24) is 5.32 Å². The van der Waals surface area contributed by atoms with E-state index in [1.807, 2.05) is 12.1 Å². The van der Waals surface area contributed by atoms with Gasteiger partial charge in [0.25, 0.3) is 0 Å². The number of hydrogen-bond acceptors (Lipinski definition) is 2. The molecule has 0 saturated heterocycles. The quantitative estimate of drug-likeness (QED) is 0.777. The van der Waals surface area contributed by atoms with E-state index >= 15 is 0 Å². The molecule has 1 aliphatic heterocycles. The molecule has 0 saturated carbocycles. The summed E-state index contributed by atoms with van der Waals surface area (Å²) in [5.74, 6) is -1.77. The van der Waals surface area contributed by atoms with E-state index in [9.17, 15) is 22.4 Å². The van der Waals surface area contributed by atoms with Gasteiger partial charge in [-0.25, -0.2) is 4.39 Å². The lowest BCUT2D eigenvalue weighted by Gasteiger charge is -2.20. The Bertz CT molecular complexity index is 808. The fourth-order valence-corrected chi connectivity index (χ4v) is 2.93. The number of carbonyl (C=O) groups is 1. The minimum Gasteiger partial charge on any atom is -0.326 e. The Kier molecular flexibility index (Phi) is 6.26. The molecule has 1 amide bonds. The van der Waals surface area contributed by atoms with Crippen LogP contribution in [0.15, 0.2) is 36.4 Å². The molecule has 0 atom stereocenters. The third-order valence-electron chi connectivity index (χ3n) is 4.12. The molecular weight excluding hydrogens is 372 g/mol. The van der Waals surface area contributed by atoms with Gasteiger partial charge in [-0.05, 0) is 47.9 Å². The largest absolute Gasteiger partial charge is 0.419 e. The van der Waals surface area contributed by atoms with E-state index in [0.29, 0.717) is 11.8 Å². The molecule has 0 aliphatic carbocycles. The first-order valence-corrected chi connectivity index (χ1v) is 7.81. The van der Waals surface area contributed by atoms with Gasteiger partial charge in [0.2, 0.25) is 5.91 Å². The number of benzene rings is 2. The molecule has 2 aromatic rings. The lowest BCUT2D eigenvalue weighted by atomic mass is 9.99. The van der Waals surface area contributed by atoms with E-state index in [1.54, 1.807) is 6.07 Å². The lowest BCUT2D eigenvalue weighted by molar-refractivity contribution is -0.140. The highest BCUT2D eigenvalue weighted by molar-refractivity contribution is 5.93. The first-order chi connectivity index (χ1) is 11.8. The standard InChI is InChI=1S/C18H16F4N2O.ClH/c19-15-8-11(4-5-14(15)18(20,21)22)9-17(25)24-16-3-1-2-12-10-23-7-6-13(12)16;/h1-5,8,23H,6-7,9-10H2,(H,24,25);1H. The van der Waals surface area contributed by atoms with E-state index in [1.165, 1.54) is 0 Å². The van der Waals surface area contributed by atoms with Gasteiger partial charge in [0.15, 0.2) is 0 Å². The predicted octanol–water partition coefficient (Wildman–Crippen LogP) is 4.09. The second kappa shape index (κ2) is 8.05. The van der Waals surface area contributed by atoms with Crippen LogP contribution in [0.1, 0.15) is 22.3 Å². The summed E-state index contributed by atoms with van der Waals surface area (Å²) >= 11 is 0. The average molecular weight is 389 g/mol. The Morgan fingerprint density at radius 3 is 2.65 bits per heavy atom. The first-order valence-electron chi connectivity index (χ1n) is 7.81. The van der Waals surface area contributed by atoms with Crippen molar-refractivity contribution in [3.8, 4) is 0 Å². The number of anilines is 1. The Morgan fingerprint density at radius 2 is 1.96 bits per heavy atom. The molecule has 1 aliphatic rings. The second-order valence-corrected chi connectivity index (χ2v) is 5.91. The molecule has 2 aromatic carbocycles. The van der Waals surface area contributed by atoms with Crippen LogP contribution in [-0.4, -0.2) is 12.5 Å². The number of hydrogen-bond donors (Lipinski definition) is 2. The zero-order valence-corrected chi connectivity index (χ0v) is 14.4. The summed E-state index contributed by atoms with van der Waals surface area (Å²) in [7, 11) is 0. The summed E-state index contributed by atoms with van der Waals surface area (Å²) in [6, 6.07) is 8.13. The van der Waals surface area contributed by atoms with Crippen molar-refractivity contribution >= 4 is 24.0 Å². The van der Waals surface area contributed by atoms with Gasteiger partial charge in [-0.2, -0.15) is 13.2 Å². The van der Waals surface area contributed by atoms with Gasteiger partial charge in [-0.15, -0.1) is 12.4 Å². The van der Waals surface area contributed by atoms with Crippen LogP contribution in [0.2, 0.25) is 0 Å². The minimum atomic E-state index is -4.75. The molecule has 3 rings (SSSR count). The maximum atomic E-state index is 13.6. The van der Waals surface area contributed by atoms with Crippen LogP contribution >= 0.6 is 12.4 Å². The van der Waals surface area contributed by atoms with E-state index in [0.717, 1.165) is 42.8 Å². The van der Waals surface area contributed by atoms with Gasteiger partial charge in [0.1, 0.15) is 5.82 Å². The van der Waals surface area contributed by atoms with Crippen LogP contribution in [0.5, 0.6) is 0 Å². The molecule has 1 heterocycles. The molecule has 0 aromatic heterocycles. The highest BCUT2D eigenvalue weighted by atomic mass is 35.5. The van der Waals surface area contributed by atoms with Crippen molar-refractivity contribution in [2.75, 3.05) is 11.9 Å². The lowest BCUT2D eigenvalue weighted by Crippen LogP contribution is -2.25. The topological polar surface area (TPSA) is 41.1 Å². The second-order valence-electron chi connectivity index (χ2n) is 5.91. The van der Waals surface area contributed by atoms with Crippen molar-refractivity contribution in [1.29, 1.82) is 0 Å². The summed E-state index contributed by atoms with van der Waals surface area (Å²) in [5.41, 5.74) is 1.70. The molecule has 2 N–H and O–H groups in total. The number of carbonyl (C=O) groups excluding carboxylic acids is 1. The summed E-state index contributed by atoms with van der Waals surface area (Å²) in [4.78, 5) is 12.2. The molecule has 3 nitrogen and oxygen atoms in total. The van der Waals surface area contributed by atoms with E-state index in [4.69, 9.17) is 0 Å².